The fraction of sp³-hybridized carbons (Fsp3) is 0.333. The quantitative estimate of drug-likeness (QED) is 0.879. The first-order chi connectivity index (χ1) is 12.6. The molecule has 2 aromatic rings. The van der Waals surface area contributed by atoms with E-state index in [-0.39, 0.29) is 11.8 Å². The molecule has 26 heavy (non-hydrogen) atoms. The molecule has 0 unspecified atom stereocenters. The average molecular weight is 350 g/mol. The maximum absolute atomic E-state index is 12.7. The number of nitrogens with one attached hydrogen (secondary N) is 1. The number of carbonyl (C=O) groups excluding carboxylic acids is 1. The van der Waals surface area contributed by atoms with Gasteiger partial charge >= 0.3 is 5.97 Å². The smallest absolute Gasteiger partial charge is 0.306 e. The Labute approximate surface area is 152 Å². The minimum absolute atomic E-state index is 0.0753. The Morgan fingerprint density at radius 3 is 2.42 bits per heavy atom. The highest BCUT2D eigenvalue weighted by Gasteiger charge is 2.34. The first kappa shape index (κ1) is 16.6. The van der Waals surface area contributed by atoms with Gasteiger partial charge in [0.2, 0.25) is 5.91 Å². The molecule has 2 atom stereocenters. The van der Waals surface area contributed by atoms with Crippen LogP contribution in [0.4, 0.5) is 17.1 Å². The third-order valence-corrected chi connectivity index (χ3v) is 5.49. The normalized spacial score (nSPS) is 21.5. The van der Waals surface area contributed by atoms with Crippen molar-refractivity contribution < 1.29 is 14.7 Å². The highest BCUT2D eigenvalue weighted by Crippen LogP contribution is 2.39. The Kier molecular flexibility index (Phi) is 4.37. The van der Waals surface area contributed by atoms with Crippen LogP contribution in [0.1, 0.15) is 24.8 Å². The van der Waals surface area contributed by atoms with Crippen molar-refractivity contribution in [2.45, 2.75) is 25.7 Å². The van der Waals surface area contributed by atoms with E-state index >= 15 is 0 Å². The molecule has 2 aromatic carbocycles. The number of hydrogen-bond acceptors (Lipinski definition) is 3. The summed E-state index contributed by atoms with van der Waals surface area (Å²) in [5.41, 5.74) is 4.27. The molecule has 1 aliphatic heterocycles. The number of carbonyl (C=O) groups is 2. The standard InChI is InChI=1S/C21H22N2O3/c24-20(15-9-10-16(13-15)21(25)26)22-17-6-2-4-8-19(17)23-12-11-14-5-1-3-7-18(14)23/h1-8,15-16H,9-13H2,(H,22,24)(H,25,26)/t15-,16+/m0/s1. The largest absolute Gasteiger partial charge is 0.481 e. The van der Waals surface area contributed by atoms with Gasteiger partial charge in [-0.1, -0.05) is 30.3 Å². The summed E-state index contributed by atoms with van der Waals surface area (Å²) in [5.74, 6) is -1.50. The van der Waals surface area contributed by atoms with E-state index in [2.05, 4.69) is 28.4 Å². The number of anilines is 3. The number of rotatable bonds is 4. The molecular formula is C21H22N2O3. The summed E-state index contributed by atoms with van der Waals surface area (Å²) in [4.78, 5) is 26.0. The average Bonchev–Trinajstić information content (AvgIpc) is 3.30. The fourth-order valence-electron chi connectivity index (χ4n) is 4.08. The number of amides is 1. The molecule has 0 spiro atoms. The number of hydrogen-bond donors (Lipinski definition) is 2. The summed E-state index contributed by atoms with van der Waals surface area (Å²) in [7, 11) is 0. The molecule has 2 N–H and O–H groups in total. The van der Waals surface area contributed by atoms with Crippen molar-refractivity contribution in [3.63, 3.8) is 0 Å². The Morgan fingerprint density at radius 1 is 0.962 bits per heavy atom. The van der Waals surface area contributed by atoms with Crippen LogP contribution in [0.3, 0.4) is 0 Å². The molecule has 1 fully saturated rings. The fourth-order valence-corrected chi connectivity index (χ4v) is 4.08. The van der Waals surface area contributed by atoms with Crippen molar-refractivity contribution in [1.29, 1.82) is 0 Å². The second kappa shape index (κ2) is 6.83. The minimum Gasteiger partial charge on any atom is -0.481 e. The molecule has 0 aromatic heterocycles. The van der Waals surface area contributed by atoms with Crippen LogP contribution in [0.5, 0.6) is 0 Å². The van der Waals surface area contributed by atoms with Crippen LogP contribution in [0, 0.1) is 11.8 Å². The first-order valence-corrected chi connectivity index (χ1v) is 9.11. The molecular weight excluding hydrogens is 328 g/mol. The van der Waals surface area contributed by atoms with Gasteiger partial charge in [-0.2, -0.15) is 0 Å². The summed E-state index contributed by atoms with van der Waals surface area (Å²) in [5, 5.41) is 12.2. The van der Waals surface area contributed by atoms with Gasteiger partial charge in [0, 0.05) is 18.2 Å². The van der Waals surface area contributed by atoms with Gasteiger partial charge in [0.1, 0.15) is 0 Å². The number of fused-ring (bicyclic) bond motifs is 1. The molecule has 134 valence electrons. The predicted molar refractivity (Wildman–Crippen MR) is 101 cm³/mol. The molecule has 2 aliphatic rings. The van der Waals surface area contributed by atoms with E-state index in [1.807, 2.05) is 30.3 Å². The van der Waals surface area contributed by atoms with Crippen LogP contribution in [0.2, 0.25) is 0 Å². The van der Waals surface area contributed by atoms with Crippen LogP contribution < -0.4 is 10.2 Å². The minimum atomic E-state index is -0.797. The maximum Gasteiger partial charge on any atom is 0.306 e. The number of aliphatic carboxylic acids is 1. The van der Waals surface area contributed by atoms with Gasteiger partial charge in [0.05, 0.1) is 17.3 Å². The van der Waals surface area contributed by atoms with Crippen molar-refractivity contribution in [3.05, 3.63) is 54.1 Å². The Balaban J connectivity index is 1.54. The summed E-state index contributed by atoms with van der Waals surface area (Å²) < 4.78 is 0. The molecule has 1 saturated carbocycles. The van der Waals surface area contributed by atoms with Crippen molar-refractivity contribution in [2.24, 2.45) is 11.8 Å². The predicted octanol–water partition coefficient (Wildman–Crippen LogP) is 3.82. The van der Waals surface area contributed by atoms with E-state index in [0.29, 0.717) is 19.3 Å². The zero-order valence-electron chi connectivity index (χ0n) is 14.5. The number of nitrogens with zero attached hydrogens (tertiary/aromatic N) is 1. The van der Waals surface area contributed by atoms with Crippen LogP contribution >= 0.6 is 0 Å². The van der Waals surface area contributed by atoms with Crippen LogP contribution in [0.15, 0.2) is 48.5 Å². The van der Waals surface area contributed by atoms with Gasteiger partial charge in [-0.25, -0.2) is 0 Å². The molecule has 5 heteroatoms. The lowest BCUT2D eigenvalue weighted by atomic mass is 10.0. The topological polar surface area (TPSA) is 69.6 Å². The molecule has 0 saturated heterocycles. The highest BCUT2D eigenvalue weighted by atomic mass is 16.4. The molecule has 1 aliphatic carbocycles. The van der Waals surface area contributed by atoms with Crippen molar-refractivity contribution in [2.75, 3.05) is 16.8 Å². The van der Waals surface area contributed by atoms with E-state index in [1.54, 1.807) is 0 Å². The van der Waals surface area contributed by atoms with Gasteiger partial charge in [0.25, 0.3) is 0 Å². The van der Waals surface area contributed by atoms with Crippen molar-refractivity contribution >= 4 is 28.9 Å². The zero-order chi connectivity index (χ0) is 18.1. The van der Waals surface area contributed by atoms with E-state index in [9.17, 15) is 9.59 Å². The van der Waals surface area contributed by atoms with Gasteiger partial charge < -0.3 is 15.3 Å². The molecule has 0 radical (unpaired) electrons. The lowest BCUT2D eigenvalue weighted by Gasteiger charge is -2.23. The summed E-state index contributed by atoms with van der Waals surface area (Å²) in [6, 6.07) is 16.1. The van der Waals surface area contributed by atoms with Gasteiger partial charge in [-0.3, -0.25) is 9.59 Å². The SMILES string of the molecule is O=C(O)[C@@H]1CC[C@H](C(=O)Nc2ccccc2N2CCc3ccccc32)C1. The third-order valence-electron chi connectivity index (χ3n) is 5.49. The van der Waals surface area contributed by atoms with E-state index in [4.69, 9.17) is 5.11 Å². The van der Waals surface area contributed by atoms with Crippen molar-refractivity contribution in [1.82, 2.24) is 0 Å². The Bertz CT molecular complexity index is 849. The lowest BCUT2D eigenvalue weighted by molar-refractivity contribution is -0.141. The third kappa shape index (κ3) is 3.05. The van der Waals surface area contributed by atoms with Crippen LogP contribution in [0.25, 0.3) is 0 Å². The highest BCUT2D eigenvalue weighted by molar-refractivity contribution is 5.97. The first-order valence-electron chi connectivity index (χ1n) is 9.11. The molecule has 0 bridgehead atoms. The summed E-state index contributed by atoms with van der Waals surface area (Å²) >= 11 is 0. The summed E-state index contributed by atoms with van der Waals surface area (Å²) in [6.45, 7) is 0.886. The number of benzene rings is 2. The van der Waals surface area contributed by atoms with Gasteiger partial charge in [0.15, 0.2) is 0 Å². The number of carboxylic acids is 1. The molecule has 4 rings (SSSR count). The number of carboxylic acid groups (broad SMARTS) is 1. The monoisotopic (exact) mass is 350 g/mol. The maximum atomic E-state index is 12.7. The second-order valence-electron chi connectivity index (χ2n) is 7.08. The van der Waals surface area contributed by atoms with Gasteiger partial charge in [-0.05, 0) is 49.4 Å². The van der Waals surface area contributed by atoms with Crippen molar-refractivity contribution in [3.8, 4) is 0 Å². The van der Waals surface area contributed by atoms with Crippen LogP contribution in [-0.2, 0) is 16.0 Å². The second-order valence-corrected chi connectivity index (χ2v) is 7.08. The number of para-hydroxylation sites is 3. The lowest BCUT2D eigenvalue weighted by Crippen LogP contribution is -2.23. The van der Waals surface area contributed by atoms with Gasteiger partial charge in [-0.15, -0.1) is 0 Å². The Morgan fingerprint density at radius 2 is 1.65 bits per heavy atom. The van der Waals surface area contributed by atoms with E-state index in [1.165, 1.54) is 11.3 Å². The molecule has 1 heterocycles. The van der Waals surface area contributed by atoms with E-state index < -0.39 is 11.9 Å². The molecule has 5 nitrogen and oxygen atoms in total. The molecule has 1 amide bonds. The van der Waals surface area contributed by atoms with E-state index in [0.717, 1.165) is 24.3 Å². The zero-order valence-corrected chi connectivity index (χ0v) is 14.5. The summed E-state index contributed by atoms with van der Waals surface area (Å²) in [6.07, 6.45) is 2.63. The van der Waals surface area contributed by atoms with Crippen LogP contribution in [-0.4, -0.2) is 23.5 Å². The Hall–Kier alpha value is -2.82.